The van der Waals surface area contributed by atoms with Crippen LogP contribution in [0.3, 0.4) is 0 Å². The maximum atomic E-state index is 6.77. The van der Waals surface area contributed by atoms with Crippen LogP contribution in [-0.2, 0) is 30.8 Å². The van der Waals surface area contributed by atoms with Crippen molar-refractivity contribution in [2.24, 2.45) is 11.7 Å². The first kappa shape index (κ1) is 23.5. The van der Waals surface area contributed by atoms with Crippen LogP contribution in [0.2, 0.25) is 0 Å². The predicted octanol–water partition coefficient (Wildman–Crippen LogP) is 3.44. The summed E-state index contributed by atoms with van der Waals surface area (Å²) in [6.45, 7) is 5.91. The van der Waals surface area contributed by atoms with Gasteiger partial charge in [-0.1, -0.05) is 32.3 Å². The number of ether oxygens (including phenoxy) is 5. The van der Waals surface area contributed by atoms with E-state index in [-0.39, 0.29) is 18.2 Å². The highest BCUT2D eigenvalue weighted by atomic mass is 16.7. The average molecular weight is 422 g/mol. The molecule has 3 atom stereocenters. The zero-order valence-electron chi connectivity index (χ0n) is 18.7. The van der Waals surface area contributed by atoms with Crippen LogP contribution in [0, 0.1) is 5.92 Å². The van der Waals surface area contributed by atoms with Crippen molar-refractivity contribution < 1.29 is 23.7 Å². The van der Waals surface area contributed by atoms with Crippen LogP contribution < -0.4 is 10.5 Å². The summed E-state index contributed by atoms with van der Waals surface area (Å²) in [5.74, 6) is 1.46. The van der Waals surface area contributed by atoms with E-state index in [0.29, 0.717) is 45.6 Å². The molecule has 3 rings (SSSR count). The Morgan fingerprint density at radius 2 is 1.70 bits per heavy atom. The van der Waals surface area contributed by atoms with E-state index in [4.69, 9.17) is 29.4 Å². The molecule has 0 unspecified atom stereocenters. The fourth-order valence-electron chi connectivity index (χ4n) is 4.87. The molecular weight excluding hydrogens is 382 g/mol. The highest BCUT2D eigenvalue weighted by Gasteiger charge is 2.43. The Hall–Kier alpha value is -1.18. The fourth-order valence-corrected chi connectivity index (χ4v) is 4.87. The van der Waals surface area contributed by atoms with Crippen molar-refractivity contribution in [3.05, 3.63) is 29.3 Å². The largest absolute Gasteiger partial charge is 0.468 e. The van der Waals surface area contributed by atoms with Gasteiger partial charge in [0.25, 0.3) is 0 Å². The molecule has 1 saturated carbocycles. The fraction of sp³-hybridized carbons (Fsp3) is 0.750. The lowest BCUT2D eigenvalue weighted by atomic mass is 9.60. The zero-order valence-corrected chi connectivity index (χ0v) is 18.7. The minimum atomic E-state index is 0.0397. The van der Waals surface area contributed by atoms with Gasteiger partial charge in [-0.2, -0.15) is 0 Å². The maximum Gasteiger partial charge on any atom is 0.189 e. The predicted molar refractivity (Wildman–Crippen MR) is 117 cm³/mol. The molecule has 2 aliphatic carbocycles. The molecule has 6 nitrogen and oxygen atoms in total. The standard InChI is InChI=1S/C24H39NO5/c1-24-9-5-3-4-6-20(23(24)25)16-19-7-8-21(17-22(19)24)30-18-29-15-14-28-13-12-27-11-10-26-2/h7-8,17,20,23H,3-6,9-16,18,25H2,1-2H3/t20-,23-,24+/m0/s1. The molecule has 0 radical (unpaired) electrons. The van der Waals surface area contributed by atoms with E-state index >= 15 is 0 Å². The van der Waals surface area contributed by atoms with Gasteiger partial charge in [0.15, 0.2) is 6.79 Å². The zero-order chi connectivity index (χ0) is 21.2. The summed E-state index contributed by atoms with van der Waals surface area (Å²) in [4.78, 5) is 0. The molecule has 170 valence electrons. The molecule has 2 N–H and O–H groups in total. The van der Waals surface area contributed by atoms with Crippen LogP contribution >= 0.6 is 0 Å². The van der Waals surface area contributed by atoms with Crippen LogP contribution in [-0.4, -0.2) is 59.6 Å². The van der Waals surface area contributed by atoms with E-state index in [0.717, 1.165) is 18.6 Å². The molecule has 0 saturated heterocycles. The first-order valence-corrected chi connectivity index (χ1v) is 11.4. The molecule has 6 heteroatoms. The third-order valence-corrected chi connectivity index (χ3v) is 6.68. The van der Waals surface area contributed by atoms with E-state index < -0.39 is 0 Å². The molecule has 0 spiro atoms. The summed E-state index contributed by atoms with van der Waals surface area (Å²) in [5.41, 5.74) is 9.63. The molecular formula is C24H39NO5. The van der Waals surface area contributed by atoms with Crippen molar-refractivity contribution in [1.29, 1.82) is 0 Å². The number of fused-ring (bicyclic) bond motifs is 4. The quantitative estimate of drug-likeness (QED) is 0.412. The Labute approximate surface area is 181 Å². The Kier molecular flexibility index (Phi) is 9.40. The summed E-state index contributed by atoms with van der Waals surface area (Å²) < 4.78 is 27.1. The Balaban J connectivity index is 1.42. The third-order valence-electron chi connectivity index (χ3n) is 6.68. The molecule has 0 aliphatic heterocycles. The van der Waals surface area contributed by atoms with E-state index in [2.05, 4.69) is 25.1 Å². The number of rotatable bonds is 12. The highest BCUT2D eigenvalue weighted by molar-refractivity contribution is 5.44. The SMILES string of the molecule is COCCOCCOCCOCOc1ccc2c(c1)[C@@]1(C)CCCCC[C@@H](C2)[C@@H]1N. The number of benzene rings is 1. The van der Waals surface area contributed by atoms with Gasteiger partial charge in [0.2, 0.25) is 0 Å². The van der Waals surface area contributed by atoms with Gasteiger partial charge in [0.05, 0.1) is 39.6 Å². The Bertz CT molecular complexity index is 640. The molecule has 0 aromatic heterocycles. The minimum absolute atomic E-state index is 0.0397. The van der Waals surface area contributed by atoms with Crippen molar-refractivity contribution in [3.63, 3.8) is 0 Å². The summed E-state index contributed by atoms with van der Waals surface area (Å²) >= 11 is 0. The molecule has 0 amide bonds. The summed E-state index contributed by atoms with van der Waals surface area (Å²) in [5, 5.41) is 0. The second-order valence-electron chi connectivity index (χ2n) is 8.71. The van der Waals surface area contributed by atoms with Gasteiger partial charge in [-0.05, 0) is 48.4 Å². The summed E-state index contributed by atoms with van der Waals surface area (Å²) in [6, 6.07) is 6.73. The van der Waals surface area contributed by atoms with Crippen LogP contribution in [0.4, 0.5) is 0 Å². The van der Waals surface area contributed by atoms with Gasteiger partial charge in [-0.15, -0.1) is 0 Å². The molecule has 1 aromatic carbocycles. The number of hydrogen-bond acceptors (Lipinski definition) is 6. The number of hydrogen-bond donors (Lipinski definition) is 1. The number of methoxy groups -OCH3 is 1. The van der Waals surface area contributed by atoms with Crippen LogP contribution in [0.15, 0.2) is 18.2 Å². The average Bonchev–Trinajstić information content (AvgIpc) is 2.75. The second-order valence-corrected chi connectivity index (χ2v) is 8.71. The highest BCUT2D eigenvalue weighted by Crippen LogP contribution is 2.46. The van der Waals surface area contributed by atoms with Gasteiger partial charge in [-0.3, -0.25) is 0 Å². The van der Waals surface area contributed by atoms with E-state index in [9.17, 15) is 0 Å². The molecule has 2 aliphatic rings. The van der Waals surface area contributed by atoms with Gasteiger partial charge < -0.3 is 29.4 Å². The molecule has 2 bridgehead atoms. The van der Waals surface area contributed by atoms with E-state index in [1.54, 1.807) is 7.11 Å². The van der Waals surface area contributed by atoms with Crippen molar-refractivity contribution in [1.82, 2.24) is 0 Å². The first-order valence-electron chi connectivity index (χ1n) is 11.4. The van der Waals surface area contributed by atoms with Gasteiger partial charge in [0, 0.05) is 18.6 Å². The van der Waals surface area contributed by atoms with Crippen molar-refractivity contribution in [2.75, 3.05) is 53.5 Å². The summed E-state index contributed by atoms with van der Waals surface area (Å²) in [6.07, 6.45) is 7.39. The van der Waals surface area contributed by atoms with Gasteiger partial charge in [-0.25, -0.2) is 0 Å². The first-order chi connectivity index (χ1) is 14.6. The topological polar surface area (TPSA) is 72.2 Å². The lowest BCUT2D eigenvalue weighted by Crippen LogP contribution is -2.52. The van der Waals surface area contributed by atoms with Gasteiger partial charge in [0.1, 0.15) is 5.75 Å². The lowest BCUT2D eigenvalue weighted by Gasteiger charge is -2.47. The molecule has 30 heavy (non-hydrogen) atoms. The molecule has 0 heterocycles. The maximum absolute atomic E-state index is 6.77. The van der Waals surface area contributed by atoms with E-state index in [1.807, 2.05) is 0 Å². The van der Waals surface area contributed by atoms with Crippen LogP contribution in [0.25, 0.3) is 0 Å². The lowest BCUT2D eigenvalue weighted by molar-refractivity contribution is -0.0293. The van der Waals surface area contributed by atoms with Gasteiger partial charge >= 0.3 is 0 Å². The number of nitrogens with two attached hydrogens (primary N) is 1. The third kappa shape index (κ3) is 6.17. The Morgan fingerprint density at radius 1 is 0.967 bits per heavy atom. The van der Waals surface area contributed by atoms with E-state index in [1.165, 1.54) is 36.8 Å². The Morgan fingerprint density at radius 3 is 2.47 bits per heavy atom. The molecule has 1 fully saturated rings. The minimum Gasteiger partial charge on any atom is -0.468 e. The van der Waals surface area contributed by atoms with Crippen molar-refractivity contribution >= 4 is 0 Å². The monoisotopic (exact) mass is 421 g/mol. The summed E-state index contributed by atoms with van der Waals surface area (Å²) in [7, 11) is 1.66. The van der Waals surface area contributed by atoms with Crippen LogP contribution in [0.5, 0.6) is 5.75 Å². The normalized spacial score (nSPS) is 26.0. The van der Waals surface area contributed by atoms with Crippen molar-refractivity contribution in [2.45, 2.75) is 56.9 Å². The van der Waals surface area contributed by atoms with Crippen LogP contribution in [0.1, 0.15) is 50.2 Å². The smallest absolute Gasteiger partial charge is 0.189 e. The second kappa shape index (κ2) is 12.0. The molecule has 1 aromatic rings. The van der Waals surface area contributed by atoms with Crippen molar-refractivity contribution in [3.8, 4) is 5.75 Å².